The molecule has 0 amide bonds. The molecular weight excluding hydrogens is 363 g/mol. The topological polar surface area (TPSA) is 40.6 Å². The van der Waals surface area contributed by atoms with Gasteiger partial charge < -0.3 is 4.90 Å². The van der Waals surface area contributed by atoms with E-state index in [9.17, 15) is 12.8 Å². The zero-order valence-corrected chi connectivity index (χ0v) is 15.7. The van der Waals surface area contributed by atoms with Gasteiger partial charge >= 0.3 is 0 Å². The number of hydrogen-bond acceptors (Lipinski definition) is 3. The van der Waals surface area contributed by atoms with Gasteiger partial charge in [0.05, 0.1) is 0 Å². The van der Waals surface area contributed by atoms with E-state index in [1.54, 1.807) is 0 Å². The highest BCUT2D eigenvalue weighted by Gasteiger charge is 2.31. The van der Waals surface area contributed by atoms with Gasteiger partial charge in [-0.2, -0.15) is 4.31 Å². The van der Waals surface area contributed by atoms with Crippen molar-refractivity contribution < 1.29 is 12.8 Å². The molecule has 0 aliphatic carbocycles. The molecule has 1 saturated heterocycles. The summed E-state index contributed by atoms with van der Waals surface area (Å²) >= 11 is 5.71. The summed E-state index contributed by atoms with van der Waals surface area (Å²) in [5.74, 6) is -0.815. The van der Waals surface area contributed by atoms with Crippen LogP contribution in [-0.4, -0.2) is 38.9 Å². The molecule has 0 aromatic heterocycles. The van der Waals surface area contributed by atoms with Gasteiger partial charge in [0.15, 0.2) is 0 Å². The SMILES string of the molecule is Cc1cccc(N2CCN(S(=O)(=O)c3ccc(Cl)cc3F)CC2)c1C. The van der Waals surface area contributed by atoms with Gasteiger partial charge in [0.1, 0.15) is 10.7 Å². The number of piperazine rings is 1. The van der Waals surface area contributed by atoms with Crippen molar-refractivity contribution in [1.29, 1.82) is 0 Å². The summed E-state index contributed by atoms with van der Waals surface area (Å²) in [6.45, 7) is 5.90. The second-order valence-electron chi connectivity index (χ2n) is 6.18. The molecule has 0 saturated carbocycles. The summed E-state index contributed by atoms with van der Waals surface area (Å²) in [4.78, 5) is 1.85. The molecule has 1 aliphatic heterocycles. The van der Waals surface area contributed by atoms with Crippen molar-refractivity contribution >= 4 is 27.3 Å². The van der Waals surface area contributed by atoms with Crippen LogP contribution in [0.15, 0.2) is 41.3 Å². The fraction of sp³-hybridized carbons (Fsp3) is 0.333. The summed E-state index contributed by atoms with van der Waals surface area (Å²) in [7, 11) is -3.86. The fourth-order valence-corrected chi connectivity index (χ4v) is 4.70. The minimum atomic E-state index is -3.86. The van der Waals surface area contributed by atoms with E-state index in [4.69, 9.17) is 11.6 Å². The average molecular weight is 383 g/mol. The molecule has 0 spiro atoms. The molecule has 1 heterocycles. The third-order valence-electron chi connectivity index (χ3n) is 4.67. The number of hydrogen-bond donors (Lipinski definition) is 0. The Morgan fingerprint density at radius 3 is 2.36 bits per heavy atom. The number of benzene rings is 2. The molecular formula is C18H20ClFN2O2S. The van der Waals surface area contributed by atoms with Crippen molar-refractivity contribution in [2.24, 2.45) is 0 Å². The molecule has 2 aromatic carbocycles. The Morgan fingerprint density at radius 2 is 1.72 bits per heavy atom. The largest absolute Gasteiger partial charge is 0.369 e. The Balaban J connectivity index is 1.78. The first-order chi connectivity index (χ1) is 11.8. The molecule has 3 rings (SSSR count). The van der Waals surface area contributed by atoms with Gasteiger partial charge in [-0.25, -0.2) is 12.8 Å². The van der Waals surface area contributed by atoms with E-state index < -0.39 is 15.8 Å². The number of anilines is 1. The van der Waals surface area contributed by atoms with Crippen LogP contribution < -0.4 is 4.90 Å². The van der Waals surface area contributed by atoms with Gasteiger partial charge in [-0.15, -0.1) is 0 Å². The molecule has 25 heavy (non-hydrogen) atoms. The quantitative estimate of drug-likeness (QED) is 0.814. The Hall–Kier alpha value is -1.63. The van der Waals surface area contributed by atoms with Crippen molar-refractivity contribution in [2.45, 2.75) is 18.7 Å². The lowest BCUT2D eigenvalue weighted by Gasteiger charge is -2.36. The summed E-state index contributed by atoms with van der Waals surface area (Å²) < 4.78 is 40.8. The zero-order valence-electron chi connectivity index (χ0n) is 14.2. The van der Waals surface area contributed by atoms with E-state index in [0.717, 1.165) is 11.8 Å². The van der Waals surface area contributed by atoms with E-state index in [1.165, 1.54) is 27.6 Å². The molecule has 7 heteroatoms. The Morgan fingerprint density at radius 1 is 1.04 bits per heavy atom. The predicted octanol–water partition coefficient (Wildman–Crippen LogP) is 3.61. The van der Waals surface area contributed by atoms with E-state index in [-0.39, 0.29) is 9.92 Å². The smallest absolute Gasteiger partial charge is 0.246 e. The molecule has 4 nitrogen and oxygen atoms in total. The van der Waals surface area contributed by atoms with Crippen LogP contribution in [0.1, 0.15) is 11.1 Å². The van der Waals surface area contributed by atoms with Gasteiger partial charge in [0.2, 0.25) is 10.0 Å². The summed E-state index contributed by atoms with van der Waals surface area (Å²) in [5.41, 5.74) is 3.52. The van der Waals surface area contributed by atoms with Crippen molar-refractivity contribution in [3.63, 3.8) is 0 Å². The van der Waals surface area contributed by atoms with Crippen LogP contribution in [0.2, 0.25) is 5.02 Å². The van der Waals surface area contributed by atoms with Crippen LogP contribution in [0, 0.1) is 19.7 Å². The van der Waals surface area contributed by atoms with E-state index >= 15 is 0 Å². The number of sulfonamides is 1. The second kappa shape index (κ2) is 6.94. The molecule has 0 radical (unpaired) electrons. The van der Waals surface area contributed by atoms with E-state index in [0.29, 0.717) is 26.2 Å². The second-order valence-corrected chi connectivity index (χ2v) is 8.53. The first-order valence-electron chi connectivity index (χ1n) is 8.07. The molecule has 134 valence electrons. The highest BCUT2D eigenvalue weighted by molar-refractivity contribution is 7.89. The Bertz CT molecular complexity index is 894. The van der Waals surface area contributed by atoms with Gasteiger partial charge in [-0.3, -0.25) is 0 Å². The van der Waals surface area contributed by atoms with Crippen LogP contribution in [0.5, 0.6) is 0 Å². The van der Waals surface area contributed by atoms with Gasteiger partial charge in [0.25, 0.3) is 0 Å². The molecule has 1 aliphatic rings. The maximum atomic E-state index is 14.0. The molecule has 2 aromatic rings. The van der Waals surface area contributed by atoms with Gasteiger partial charge in [-0.1, -0.05) is 23.7 Å². The van der Waals surface area contributed by atoms with E-state index in [1.807, 2.05) is 12.1 Å². The summed E-state index contributed by atoms with van der Waals surface area (Å²) in [5, 5.41) is 0.177. The van der Waals surface area contributed by atoms with Crippen molar-refractivity contribution in [1.82, 2.24) is 4.31 Å². The minimum Gasteiger partial charge on any atom is -0.369 e. The average Bonchev–Trinajstić information content (AvgIpc) is 2.57. The van der Waals surface area contributed by atoms with Gasteiger partial charge in [0, 0.05) is 36.9 Å². The number of nitrogens with zero attached hydrogens (tertiary/aromatic N) is 2. The monoisotopic (exact) mass is 382 g/mol. The van der Waals surface area contributed by atoms with Crippen molar-refractivity contribution in [3.8, 4) is 0 Å². The number of halogens is 2. The summed E-state index contributed by atoms with van der Waals surface area (Å²) in [6, 6.07) is 9.76. The Labute approximate surface area is 152 Å². The van der Waals surface area contributed by atoms with Crippen LogP contribution in [0.3, 0.4) is 0 Å². The fourth-order valence-electron chi connectivity index (χ4n) is 3.07. The first-order valence-corrected chi connectivity index (χ1v) is 9.89. The van der Waals surface area contributed by atoms with E-state index in [2.05, 4.69) is 24.8 Å². The van der Waals surface area contributed by atoms with Crippen molar-refractivity contribution in [2.75, 3.05) is 31.1 Å². The number of aryl methyl sites for hydroxylation is 1. The highest BCUT2D eigenvalue weighted by atomic mass is 35.5. The summed E-state index contributed by atoms with van der Waals surface area (Å²) in [6.07, 6.45) is 0. The molecule has 0 bridgehead atoms. The third-order valence-corrected chi connectivity index (χ3v) is 6.83. The maximum absolute atomic E-state index is 14.0. The molecule has 0 unspecified atom stereocenters. The normalized spacial score (nSPS) is 16.2. The first kappa shape index (κ1) is 18.2. The zero-order chi connectivity index (χ0) is 18.2. The number of rotatable bonds is 3. The minimum absolute atomic E-state index is 0.177. The van der Waals surface area contributed by atoms with Crippen LogP contribution in [-0.2, 0) is 10.0 Å². The molecule has 0 atom stereocenters. The lowest BCUT2D eigenvalue weighted by molar-refractivity contribution is 0.382. The van der Waals surface area contributed by atoms with Crippen molar-refractivity contribution in [3.05, 3.63) is 58.4 Å². The molecule has 1 fully saturated rings. The molecule has 0 N–H and O–H groups in total. The lowest BCUT2D eigenvalue weighted by atomic mass is 10.1. The van der Waals surface area contributed by atoms with Crippen LogP contribution >= 0.6 is 11.6 Å². The maximum Gasteiger partial charge on any atom is 0.246 e. The third kappa shape index (κ3) is 3.52. The lowest BCUT2D eigenvalue weighted by Crippen LogP contribution is -2.49. The van der Waals surface area contributed by atoms with Gasteiger partial charge in [-0.05, 0) is 49.2 Å². The predicted molar refractivity (Wildman–Crippen MR) is 98.3 cm³/mol. The van der Waals surface area contributed by atoms with Crippen LogP contribution in [0.25, 0.3) is 0 Å². The highest BCUT2D eigenvalue weighted by Crippen LogP contribution is 2.27. The van der Waals surface area contributed by atoms with Crippen LogP contribution in [0.4, 0.5) is 10.1 Å². The Kier molecular flexibility index (Phi) is 5.04. The standard InChI is InChI=1S/C18H20ClFN2O2S/c1-13-4-3-5-17(14(13)2)21-8-10-22(11-9-21)25(23,24)18-7-6-15(19)12-16(18)20/h3-7,12H,8-11H2,1-2H3.